The lowest BCUT2D eigenvalue weighted by Gasteiger charge is -2.12. The quantitative estimate of drug-likeness (QED) is 0.888. The maximum Gasteiger partial charge on any atom is 0.315 e. The zero-order valence-electron chi connectivity index (χ0n) is 13.5. The number of carbonyl (C=O) groups is 1. The SMILES string of the molecule is Cc1ccc(-c2nc(CCNC(=O)NC3CCCC3)co2)cc1. The van der Waals surface area contributed by atoms with Crippen molar-refractivity contribution in [2.75, 3.05) is 6.54 Å². The van der Waals surface area contributed by atoms with Crippen molar-refractivity contribution in [3.05, 3.63) is 41.8 Å². The number of aromatic nitrogens is 1. The number of oxazole rings is 1. The lowest BCUT2D eigenvalue weighted by molar-refractivity contribution is 0.237. The Bertz CT molecular complexity index is 643. The summed E-state index contributed by atoms with van der Waals surface area (Å²) < 4.78 is 5.52. The second-order valence-electron chi connectivity index (χ2n) is 6.14. The molecule has 2 N–H and O–H groups in total. The third-order valence-corrected chi connectivity index (χ3v) is 4.21. The lowest BCUT2D eigenvalue weighted by Crippen LogP contribution is -2.41. The normalized spacial score (nSPS) is 14.8. The third kappa shape index (κ3) is 4.34. The Kier molecular flexibility index (Phi) is 4.95. The molecule has 2 aromatic rings. The number of rotatable bonds is 5. The summed E-state index contributed by atoms with van der Waals surface area (Å²) in [5.41, 5.74) is 3.02. The number of amides is 2. The van der Waals surface area contributed by atoms with Gasteiger partial charge in [0, 0.05) is 24.6 Å². The summed E-state index contributed by atoms with van der Waals surface area (Å²) >= 11 is 0. The maximum absolute atomic E-state index is 11.8. The van der Waals surface area contributed by atoms with E-state index in [-0.39, 0.29) is 6.03 Å². The molecule has 0 saturated heterocycles. The van der Waals surface area contributed by atoms with Crippen LogP contribution in [0.4, 0.5) is 4.79 Å². The van der Waals surface area contributed by atoms with Crippen molar-refractivity contribution < 1.29 is 9.21 Å². The van der Waals surface area contributed by atoms with Crippen LogP contribution >= 0.6 is 0 Å². The Morgan fingerprint density at radius 3 is 2.74 bits per heavy atom. The van der Waals surface area contributed by atoms with E-state index in [4.69, 9.17) is 4.42 Å². The first-order valence-corrected chi connectivity index (χ1v) is 8.26. The highest BCUT2D eigenvalue weighted by Crippen LogP contribution is 2.19. The Labute approximate surface area is 136 Å². The first-order valence-electron chi connectivity index (χ1n) is 8.26. The van der Waals surface area contributed by atoms with Crippen molar-refractivity contribution >= 4 is 6.03 Å². The van der Waals surface area contributed by atoms with Crippen molar-refractivity contribution in [2.24, 2.45) is 0 Å². The number of nitrogens with zero attached hydrogens (tertiary/aromatic N) is 1. The van der Waals surface area contributed by atoms with E-state index in [9.17, 15) is 4.79 Å². The van der Waals surface area contributed by atoms with E-state index in [0.29, 0.717) is 24.9 Å². The molecule has 0 radical (unpaired) electrons. The van der Waals surface area contributed by atoms with Gasteiger partial charge in [0.2, 0.25) is 5.89 Å². The standard InChI is InChI=1S/C18H23N3O2/c1-13-6-8-14(9-7-13)17-20-16(12-23-17)10-11-19-18(22)21-15-4-2-3-5-15/h6-9,12,15H,2-5,10-11H2,1H3,(H2,19,21,22). The van der Waals surface area contributed by atoms with E-state index in [2.05, 4.69) is 15.6 Å². The molecule has 1 heterocycles. The molecule has 1 saturated carbocycles. The molecule has 3 rings (SSSR count). The molecule has 23 heavy (non-hydrogen) atoms. The van der Waals surface area contributed by atoms with E-state index in [1.165, 1.54) is 18.4 Å². The van der Waals surface area contributed by atoms with E-state index in [0.717, 1.165) is 24.1 Å². The van der Waals surface area contributed by atoms with Crippen LogP contribution in [0.25, 0.3) is 11.5 Å². The lowest BCUT2D eigenvalue weighted by atomic mass is 10.1. The van der Waals surface area contributed by atoms with E-state index < -0.39 is 0 Å². The molecule has 1 aliphatic rings. The molecule has 1 aromatic heterocycles. The molecule has 2 amide bonds. The highest BCUT2D eigenvalue weighted by Gasteiger charge is 2.16. The number of aryl methyl sites for hydroxylation is 1. The van der Waals surface area contributed by atoms with Gasteiger partial charge in [-0.05, 0) is 31.9 Å². The zero-order chi connectivity index (χ0) is 16.1. The van der Waals surface area contributed by atoms with Crippen LogP contribution in [0.1, 0.15) is 36.9 Å². The minimum absolute atomic E-state index is 0.0841. The molecule has 1 aliphatic carbocycles. The largest absolute Gasteiger partial charge is 0.444 e. The van der Waals surface area contributed by atoms with Gasteiger partial charge >= 0.3 is 6.03 Å². The first kappa shape index (κ1) is 15.6. The summed E-state index contributed by atoms with van der Waals surface area (Å²) in [7, 11) is 0. The summed E-state index contributed by atoms with van der Waals surface area (Å²) in [5.74, 6) is 0.621. The maximum atomic E-state index is 11.8. The predicted molar refractivity (Wildman–Crippen MR) is 89.2 cm³/mol. The minimum Gasteiger partial charge on any atom is -0.444 e. The smallest absolute Gasteiger partial charge is 0.315 e. The van der Waals surface area contributed by atoms with Crippen LogP contribution in [-0.4, -0.2) is 23.6 Å². The molecule has 0 atom stereocenters. The number of hydrogen-bond acceptors (Lipinski definition) is 3. The molecule has 1 fully saturated rings. The Hall–Kier alpha value is -2.30. The van der Waals surface area contributed by atoms with E-state index in [1.807, 2.05) is 31.2 Å². The van der Waals surface area contributed by atoms with Crippen LogP contribution in [0.5, 0.6) is 0 Å². The van der Waals surface area contributed by atoms with Crippen molar-refractivity contribution in [3.63, 3.8) is 0 Å². The number of urea groups is 1. The van der Waals surface area contributed by atoms with Gasteiger partial charge in [-0.15, -0.1) is 0 Å². The molecule has 5 heteroatoms. The average molecular weight is 313 g/mol. The van der Waals surface area contributed by atoms with Crippen LogP contribution in [0.3, 0.4) is 0 Å². The summed E-state index contributed by atoms with van der Waals surface area (Å²) in [6.07, 6.45) is 6.93. The predicted octanol–water partition coefficient (Wildman–Crippen LogP) is 3.43. The van der Waals surface area contributed by atoms with Gasteiger partial charge in [0.15, 0.2) is 0 Å². The average Bonchev–Trinajstić information content (AvgIpc) is 3.20. The highest BCUT2D eigenvalue weighted by molar-refractivity contribution is 5.74. The Balaban J connectivity index is 1.45. The molecular weight excluding hydrogens is 290 g/mol. The third-order valence-electron chi connectivity index (χ3n) is 4.21. The van der Waals surface area contributed by atoms with Crippen molar-refractivity contribution in [3.8, 4) is 11.5 Å². The van der Waals surface area contributed by atoms with Gasteiger partial charge in [-0.3, -0.25) is 0 Å². The molecule has 0 bridgehead atoms. The molecule has 1 aromatic carbocycles. The topological polar surface area (TPSA) is 67.2 Å². The van der Waals surface area contributed by atoms with E-state index in [1.54, 1.807) is 6.26 Å². The van der Waals surface area contributed by atoms with Gasteiger partial charge in [-0.2, -0.15) is 0 Å². The summed E-state index contributed by atoms with van der Waals surface area (Å²) in [5, 5.41) is 5.89. The molecule has 0 aliphatic heterocycles. The molecule has 5 nitrogen and oxygen atoms in total. The molecule has 122 valence electrons. The number of carbonyl (C=O) groups excluding carboxylic acids is 1. The van der Waals surface area contributed by atoms with E-state index >= 15 is 0 Å². The number of hydrogen-bond donors (Lipinski definition) is 2. The second kappa shape index (κ2) is 7.31. The fraction of sp³-hybridized carbons (Fsp3) is 0.444. The van der Waals surface area contributed by atoms with Gasteiger partial charge in [0.25, 0.3) is 0 Å². The Morgan fingerprint density at radius 2 is 2.00 bits per heavy atom. The second-order valence-corrected chi connectivity index (χ2v) is 6.14. The molecule has 0 unspecified atom stereocenters. The van der Waals surface area contributed by atoms with Crippen molar-refractivity contribution in [1.29, 1.82) is 0 Å². The fourth-order valence-corrected chi connectivity index (χ4v) is 2.86. The van der Waals surface area contributed by atoms with Crippen LogP contribution in [0, 0.1) is 6.92 Å². The van der Waals surface area contributed by atoms with Gasteiger partial charge in [0.1, 0.15) is 6.26 Å². The zero-order valence-corrected chi connectivity index (χ0v) is 13.5. The number of nitrogens with one attached hydrogen (secondary N) is 2. The summed E-state index contributed by atoms with van der Waals surface area (Å²) in [4.78, 5) is 16.3. The molecular formula is C18H23N3O2. The summed E-state index contributed by atoms with van der Waals surface area (Å²) in [6, 6.07) is 8.33. The van der Waals surface area contributed by atoms with Gasteiger partial charge in [-0.25, -0.2) is 9.78 Å². The van der Waals surface area contributed by atoms with Gasteiger partial charge in [-0.1, -0.05) is 30.5 Å². The minimum atomic E-state index is -0.0841. The highest BCUT2D eigenvalue weighted by atomic mass is 16.3. The van der Waals surface area contributed by atoms with Crippen LogP contribution in [0.15, 0.2) is 34.9 Å². The van der Waals surface area contributed by atoms with Gasteiger partial charge < -0.3 is 15.1 Å². The monoisotopic (exact) mass is 313 g/mol. The molecule has 0 spiro atoms. The Morgan fingerprint density at radius 1 is 1.26 bits per heavy atom. The van der Waals surface area contributed by atoms with Crippen LogP contribution < -0.4 is 10.6 Å². The van der Waals surface area contributed by atoms with Crippen molar-refractivity contribution in [2.45, 2.75) is 45.1 Å². The van der Waals surface area contributed by atoms with Gasteiger partial charge in [0.05, 0.1) is 5.69 Å². The number of benzene rings is 1. The first-order chi connectivity index (χ1) is 11.2. The van der Waals surface area contributed by atoms with Crippen molar-refractivity contribution in [1.82, 2.24) is 15.6 Å². The van der Waals surface area contributed by atoms with Crippen LogP contribution in [0.2, 0.25) is 0 Å². The van der Waals surface area contributed by atoms with Crippen LogP contribution in [-0.2, 0) is 6.42 Å². The fourth-order valence-electron chi connectivity index (χ4n) is 2.86. The summed E-state index contributed by atoms with van der Waals surface area (Å²) in [6.45, 7) is 2.60.